The van der Waals surface area contributed by atoms with Crippen LogP contribution in [0.1, 0.15) is 50.5 Å². The van der Waals surface area contributed by atoms with E-state index >= 15 is 0 Å². The Hall–Kier alpha value is -1.83. The molecule has 0 radical (unpaired) electrons. The number of nitrogens with one attached hydrogen (secondary N) is 1. The van der Waals surface area contributed by atoms with Gasteiger partial charge < -0.3 is 30.1 Å². The van der Waals surface area contributed by atoms with Gasteiger partial charge in [0.25, 0.3) is 0 Å². The Labute approximate surface area is 197 Å². The first-order valence-corrected chi connectivity index (χ1v) is 12.4. The predicted molar refractivity (Wildman–Crippen MR) is 126 cm³/mol. The summed E-state index contributed by atoms with van der Waals surface area (Å²) in [6.07, 6.45) is 6.12. The van der Waals surface area contributed by atoms with E-state index in [0.29, 0.717) is 44.3 Å². The number of amides is 2. The van der Waals surface area contributed by atoms with Gasteiger partial charge in [-0.2, -0.15) is 0 Å². The topological polar surface area (TPSA) is 85.3 Å². The number of carbonyl (C=O) groups is 1. The van der Waals surface area contributed by atoms with Gasteiger partial charge in [0.15, 0.2) is 0 Å². The van der Waals surface area contributed by atoms with Crippen LogP contribution in [0.4, 0.5) is 4.79 Å². The van der Waals surface area contributed by atoms with Gasteiger partial charge in [0.1, 0.15) is 5.75 Å². The van der Waals surface area contributed by atoms with E-state index in [-0.39, 0.29) is 17.5 Å². The van der Waals surface area contributed by atoms with Gasteiger partial charge in [-0.25, -0.2) is 4.79 Å². The maximum Gasteiger partial charge on any atom is 0.317 e. The summed E-state index contributed by atoms with van der Waals surface area (Å²) in [5.74, 6) is 1.65. The minimum Gasteiger partial charge on any atom is -0.497 e. The van der Waals surface area contributed by atoms with Crippen LogP contribution in [0.25, 0.3) is 0 Å². The molecule has 1 aromatic rings. The third-order valence-corrected chi connectivity index (χ3v) is 8.72. The van der Waals surface area contributed by atoms with Crippen LogP contribution in [0.2, 0.25) is 0 Å². The van der Waals surface area contributed by atoms with Gasteiger partial charge in [-0.1, -0.05) is 12.1 Å². The van der Waals surface area contributed by atoms with Gasteiger partial charge in [0, 0.05) is 31.1 Å². The zero-order chi connectivity index (χ0) is 23.4. The molecule has 7 nitrogen and oxygen atoms in total. The van der Waals surface area contributed by atoms with Crippen LogP contribution in [0.3, 0.4) is 0 Å². The Kier molecular flexibility index (Phi) is 5.66. The quantitative estimate of drug-likeness (QED) is 0.633. The van der Waals surface area contributed by atoms with E-state index in [9.17, 15) is 15.0 Å². The van der Waals surface area contributed by atoms with E-state index in [4.69, 9.17) is 4.74 Å². The molecular weight excluding hydrogens is 418 g/mol. The summed E-state index contributed by atoms with van der Waals surface area (Å²) in [7, 11) is 5.64. The van der Waals surface area contributed by atoms with Gasteiger partial charge >= 0.3 is 6.03 Å². The van der Waals surface area contributed by atoms with E-state index in [1.165, 1.54) is 6.42 Å². The van der Waals surface area contributed by atoms with Gasteiger partial charge in [-0.05, 0) is 88.6 Å². The molecule has 4 unspecified atom stereocenters. The number of carbonyl (C=O) groups excluding carboxylic acids is 1. The molecule has 182 valence electrons. The molecule has 4 aliphatic carbocycles. The molecule has 0 aromatic heterocycles. The lowest BCUT2D eigenvalue weighted by molar-refractivity contribution is -0.140. The zero-order valence-electron chi connectivity index (χ0n) is 20.2. The van der Waals surface area contributed by atoms with Crippen molar-refractivity contribution in [3.8, 4) is 5.75 Å². The molecule has 4 saturated carbocycles. The summed E-state index contributed by atoms with van der Waals surface area (Å²) >= 11 is 0. The summed E-state index contributed by atoms with van der Waals surface area (Å²) in [4.78, 5) is 17.4. The highest BCUT2D eigenvalue weighted by Gasteiger charge is 2.58. The lowest BCUT2D eigenvalue weighted by atomic mass is 9.51. The van der Waals surface area contributed by atoms with Gasteiger partial charge in [-0.15, -0.1) is 0 Å². The Morgan fingerprint density at radius 1 is 1.21 bits per heavy atom. The molecule has 2 amide bonds. The number of hydrogen-bond acceptors (Lipinski definition) is 5. The second kappa shape index (κ2) is 8.14. The second-order valence-electron chi connectivity index (χ2n) is 11.7. The maximum absolute atomic E-state index is 13.5. The minimum absolute atomic E-state index is 0.0444. The largest absolute Gasteiger partial charge is 0.497 e. The third kappa shape index (κ3) is 4.24. The lowest BCUT2D eigenvalue weighted by Gasteiger charge is -2.60. The van der Waals surface area contributed by atoms with Crippen molar-refractivity contribution in [1.29, 1.82) is 0 Å². The van der Waals surface area contributed by atoms with E-state index < -0.39 is 11.2 Å². The highest BCUT2D eigenvalue weighted by atomic mass is 16.5. The van der Waals surface area contributed by atoms with E-state index in [1.54, 1.807) is 7.11 Å². The number of rotatable bonds is 5. The average molecular weight is 458 g/mol. The Morgan fingerprint density at radius 2 is 1.94 bits per heavy atom. The van der Waals surface area contributed by atoms with Crippen molar-refractivity contribution < 1.29 is 19.7 Å². The van der Waals surface area contributed by atoms with Crippen LogP contribution in [-0.4, -0.2) is 78.0 Å². The molecule has 6 rings (SSSR count). The monoisotopic (exact) mass is 457 g/mol. The van der Waals surface area contributed by atoms with Gasteiger partial charge in [0.2, 0.25) is 0 Å². The molecular formula is C26H39N3O4. The number of likely N-dealkylation sites (tertiary alicyclic amines) is 1. The van der Waals surface area contributed by atoms with E-state index in [2.05, 4.69) is 10.2 Å². The molecule has 7 heteroatoms. The SMILES string of the molecule is COc1cccc(C2(O)CCN(C(=O)NC34C[C@@H]5C[C@@H](CC(O)(C5)C3)C4)CC2CN(C)C)c1. The molecule has 0 spiro atoms. The van der Waals surface area contributed by atoms with Crippen molar-refractivity contribution in [1.82, 2.24) is 15.1 Å². The van der Waals surface area contributed by atoms with E-state index in [0.717, 1.165) is 37.0 Å². The molecule has 1 saturated heterocycles. The van der Waals surface area contributed by atoms with Gasteiger partial charge in [-0.3, -0.25) is 0 Å². The Morgan fingerprint density at radius 3 is 2.58 bits per heavy atom. The fraction of sp³-hybridized carbons (Fsp3) is 0.731. The number of aliphatic hydroxyl groups is 2. The molecule has 1 aromatic carbocycles. The first kappa shape index (κ1) is 22.9. The summed E-state index contributed by atoms with van der Waals surface area (Å²) in [6.45, 7) is 1.66. The minimum atomic E-state index is -1.02. The molecule has 5 aliphatic rings. The standard InChI is InChI=1S/C26H39N3O4/c1-28(2)15-21-16-29(8-7-26(21,32)20-5-4-6-22(10-20)33-3)23(30)27-24-11-18-9-19(12-24)14-25(31,13-18)17-24/h4-6,10,18-19,21,31-32H,7-9,11-17H2,1-3H3,(H,27,30)/t18-,19+,21?,24?,25?,26?. The molecule has 6 atom stereocenters. The molecule has 4 bridgehead atoms. The maximum atomic E-state index is 13.5. The van der Waals surface area contributed by atoms with Crippen LogP contribution >= 0.6 is 0 Å². The van der Waals surface area contributed by atoms with Crippen molar-refractivity contribution in [2.45, 2.75) is 61.7 Å². The van der Waals surface area contributed by atoms with Crippen LogP contribution in [-0.2, 0) is 5.60 Å². The Balaban J connectivity index is 1.33. The van der Waals surface area contributed by atoms with Crippen molar-refractivity contribution in [3.63, 3.8) is 0 Å². The summed E-state index contributed by atoms with van der Waals surface area (Å²) in [5, 5.41) is 26.3. The highest BCUT2D eigenvalue weighted by Crippen LogP contribution is 2.57. The lowest BCUT2D eigenvalue weighted by Crippen LogP contribution is -2.67. The fourth-order valence-electron chi connectivity index (χ4n) is 7.79. The molecule has 1 heterocycles. The molecule has 1 aliphatic heterocycles. The van der Waals surface area contributed by atoms with Crippen LogP contribution < -0.4 is 10.1 Å². The van der Waals surface area contributed by atoms with Crippen LogP contribution in [0, 0.1) is 17.8 Å². The summed E-state index contributed by atoms with van der Waals surface area (Å²) in [5.41, 5.74) is -1.05. The molecule has 33 heavy (non-hydrogen) atoms. The predicted octanol–water partition coefficient (Wildman–Crippen LogP) is 2.56. The van der Waals surface area contributed by atoms with Crippen molar-refractivity contribution in [2.75, 3.05) is 40.8 Å². The molecule has 3 N–H and O–H groups in total. The number of piperidine rings is 1. The number of hydrogen-bond donors (Lipinski definition) is 3. The number of ether oxygens (including phenoxy) is 1. The fourth-order valence-corrected chi connectivity index (χ4v) is 7.79. The number of urea groups is 1. The normalized spacial score (nSPS) is 39.7. The van der Waals surface area contributed by atoms with E-state index in [1.807, 2.05) is 43.3 Å². The second-order valence-corrected chi connectivity index (χ2v) is 11.7. The number of nitrogens with zero attached hydrogens (tertiary/aromatic N) is 2. The third-order valence-electron chi connectivity index (χ3n) is 8.72. The summed E-state index contributed by atoms with van der Waals surface area (Å²) in [6, 6.07) is 7.62. The first-order chi connectivity index (χ1) is 15.6. The smallest absolute Gasteiger partial charge is 0.317 e. The van der Waals surface area contributed by atoms with Gasteiger partial charge in [0.05, 0.1) is 18.3 Å². The summed E-state index contributed by atoms with van der Waals surface area (Å²) < 4.78 is 5.39. The molecule has 5 fully saturated rings. The average Bonchev–Trinajstić information content (AvgIpc) is 2.73. The zero-order valence-corrected chi connectivity index (χ0v) is 20.2. The number of benzene rings is 1. The van der Waals surface area contributed by atoms with Crippen LogP contribution in [0.15, 0.2) is 24.3 Å². The van der Waals surface area contributed by atoms with Crippen molar-refractivity contribution >= 4 is 6.03 Å². The van der Waals surface area contributed by atoms with Crippen molar-refractivity contribution in [2.24, 2.45) is 17.8 Å². The van der Waals surface area contributed by atoms with Crippen LogP contribution in [0.5, 0.6) is 5.75 Å². The highest BCUT2D eigenvalue weighted by molar-refractivity contribution is 5.75. The Bertz CT molecular complexity index is 891. The van der Waals surface area contributed by atoms with Crippen molar-refractivity contribution in [3.05, 3.63) is 29.8 Å². The number of methoxy groups -OCH3 is 1. The first-order valence-electron chi connectivity index (χ1n) is 12.4.